The Kier molecular flexibility index (Phi) is 7.38. The van der Waals surface area contributed by atoms with Gasteiger partial charge in [0.15, 0.2) is 5.16 Å². The number of carbonyl (C=O) groups excluding carboxylic acids is 1. The summed E-state index contributed by atoms with van der Waals surface area (Å²) in [6.07, 6.45) is 0.924. The Morgan fingerprint density at radius 1 is 1.31 bits per heavy atom. The molecule has 0 aliphatic carbocycles. The first-order chi connectivity index (χ1) is 12.3. The second-order valence-electron chi connectivity index (χ2n) is 6.56. The van der Waals surface area contributed by atoms with Crippen LogP contribution in [0.25, 0.3) is 0 Å². The lowest BCUT2D eigenvalue weighted by molar-refractivity contribution is -0.120. The van der Waals surface area contributed by atoms with Gasteiger partial charge in [-0.1, -0.05) is 37.7 Å². The first-order valence-corrected chi connectivity index (χ1v) is 9.57. The van der Waals surface area contributed by atoms with E-state index in [1.54, 1.807) is 19.1 Å². The molecule has 1 amide bonds. The van der Waals surface area contributed by atoms with Gasteiger partial charge in [-0.2, -0.15) is 0 Å². The second kappa shape index (κ2) is 9.52. The molecule has 0 fully saturated rings. The molecule has 0 saturated heterocycles. The summed E-state index contributed by atoms with van der Waals surface area (Å²) in [5.41, 5.74) is 1.58. The molecule has 2 rings (SSSR count). The molecular weight excluding hydrogens is 353 g/mol. The van der Waals surface area contributed by atoms with Crippen molar-refractivity contribution in [3.63, 3.8) is 0 Å². The van der Waals surface area contributed by atoms with Gasteiger partial charge in [-0.25, -0.2) is 9.37 Å². The van der Waals surface area contributed by atoms with Crippen molar-refractivity contribution >= 4 is 17.7 Å². The number of nitrogens with one attached hydrogen (secondary N) is 2. The van der Waals surface area contributed by atoms with Crippen LogP contribution in [0.5, 0.6) is 0 Å². The number of thioether (sulfide) groups is 1. The summed E-state index contributed by atoms with van der Waals surface area (Å²) in [5.74, 6) is 0.627. The minimum absolute atomic E-state index is 0.0230. The molecule has 2 aromatic rings. The Bertz CT molecular complexity index is 803. The van der Waals surface area contributed by atoms with E-state index in [9.17, 15) is 14.0 Å². The van der Waals surface area contributed by atoms with Gasteiger partial charge in [0.1, 0.15) is 5.82 Å². The van der Waals surface area contributed by atoms with Crippen LogP contribution in [0.2, 0.25) is 0 Å². The van der Waals surface area contributed by atoms with Gasteiger partial charge >= 0.3 is 0 Å². The van der Waals surface area contributed by atoms with E-state index in [4.69, 9.17) is 0 Å². The second-order valence-corrected chi connectivity index (χ2v) is 7.52. The molecule has 140 valence electrons. The maximum atomic E-state index is 12.9. The number of aromatic amines is 1. The molecular formula is C19H24FN3O2S. The molecule has 1 aromatic carbocycles. The van der Waals surface area contributed by atoms with Crippen LogP contribution in [0.3, 0.4) is 0 Å². The number of H-pyrrole nitrogens is 1. The number of halogens is 1. The minimum Gasteiger partial charge on any atom is -0.356 e. The van der Waals surface area contributed by atoms with E-state index in [1.165, 1.54) is 23.9 Å². The number of aryl methyl sites for hydroxylation is 1. The Hall–Kier alpha value is -2.15. The van der Waals surface area contributed by atoms with Crippen LogP contribution < -0.4 is 10.9 Å². The van der Waals surface area contributed by atoms with E-state index in [0.717, 1.165) is 12.0 Å². The van der Waals surface area contributed by atoms with E-state index < -0.39 is 0 Å². The van der Waals surface area contributed by atoms with Gasteiger partial charge in [0.05, 0.1) is 6.42 Å². The molecule has 7 heteroatoms. The number of benzene rings is 1. The Labute approximate surface area is 156 Å². The number of nitrogens with zero attached hydrogens (tertiary/aromatic N) is 1. The van der Waals surface area contributed by atoms with E-state index in [1.807, 2.05) is 0 Å². The van der Waals surface area contributed by atoms with Gasteiger partial charge in [-0.05, 0) is 37.0 Å². The number of rotatable bonds is 8. The molecule has 0 atom stereocenters. The molecule has 2 N–H and O–H groups in total. The molecule has 0 bridgehead atoms. The lowest BCUT2D eigenvalue weighted by Crippen LogP contribution is -2.30. The van der Waals surface area contributed by atoms with Crippen LogP contribution in [0.15, 0.2) is 34.2 Å². The molecule has 0 saturated carbocycles. The van der Waals surface area contributed by atoms with Crippen molar-refractivity contribution in [3.05, 3.63) is 57.3 Å². The molecule has 0 aliphatic heterocycles. The lowest BCUT2D eigenvalue weighted by Gasteiger charge is -2.09. The van der Waals surface area contributed by atoms with Crippen molar-refractivity contribution in [2.45, 2.75) is 44.5 Å². The van der Waals surface area contributed by atoms with E-state index in [-0.39, 0.29) is 23.7 Å². The lowest BCUT2D eigenvalue weighted by atomic mass is 10.1. The molecule has 5 nitrogen and oxygen atoms in total. The van der Waals surface area contributed by atoms with Crippen molar-refractivity contribution in [1.29, 1.82) is 0 Å². The zero-order chi connectivity index (χ0) is 19.1. The van der Waals surface area contributed by atoms with Crippen molar-refractivity contribution in [1.82, 2.24) is 15.3 Å². The van der Waals surface area contributed by atoms with Crippen LogP contribution in [-0.4, -0.2) is 22.4 Å². The van der Waals surface area contributed by atoms with Gasteiger partial charge in [0, 0.05) is 23.6 Å². The third kappa shape index (κ3) is 6.29. The standard InChI is InChI=1S/C19H24FN3O2S/c1-12(2)8-9-21-17(24)10-16-13(3)22-19(23-18(16)25)26-11-14-4-6-15(20)7-5-14/h4-7,12H,8-11H2,1-3H3,(H,21,24)(H,22,23,25). The van der Waals surface area contributed by atoms with Gasteiger partial charge in [-0.15, -0.1) is 0 Å². The molecule has 26 heavy (non-hydrogen) atoms. The summed E-state index contributed by atoms with van der Waals surface area (Å²) >= 11 is 1.36. The molecule has 1 aromatic heterocycles. The fourth-order valence-electron chi connectivity index (χ4n) is 2.32. The molecule has 0 radical (unpaired) electrons. The molecule has 1 heterocycles. The predicted molar refractivity (Wildman–Crippen MR) is 102 cm³/mol. The monoisotopic (exact) mass is 377 g/mol. The quantitative estimate of drug-likeness (QED) is 0.547. The van der Waals surface area contributed by atoms with E-state index in [0.29, 0.717) is 34.6 Å². The normalized spacial score (nSPS) is 11.0. The number of carbonyl (C=O) groups is 1. The van der Waals surface area contributed by atoms with E-state index in [2.05, 4.69) is 29.1 Å². The summed E-state index contributed by atoms with van der Waals surface area (Å²) in [6, 6.07) is 6.20. The summed E-state index contributed by atoms with van der Waals surface area (Å²) < 4.78 is 12.9. The smallest absolute Gasteiger partial charge is 0.255 e. The third-order valence-corrected chi connectivity index (χ3v) is 4.81. The van der Waals surface area contributed by atoms with Crippen molar-refractivity contribution in [3.8, 4) is 0 Å². The van der Waals surface area contributed by atoms with Gasteiger partial charge < -0.3 is 10.3 Å². The Balaban J connectivity index is 1.97. The van der Waals surface area contributed by atoms with Crippen molar-refractivity contribution < 1.29 is 9.18 Å². The zero-order valence-electron chi connectivity index (χ0n) is 15.3. The highest BCUT2D eigenvalue weighted by atomic mass is 32.2. The van der Waals surface area contributed by atoms with E-state index >= 15 is 0 Å². The average Bonchev–Trinajstić information content (AvgIpc) is 2.57. The highest BCUT2D eigenvalue weighted by molar-refractivity contribution is 7.98. The highest BCUT2D eigenvalue weighted by Crippen LogP contribution is 2.19. The number of hydrogen-bond acceptors (Lipinski definition) is 4. The van der Waals surface area contributed by atoms with Crippen LogP contribution in [0.1, 0.15) is 37.1 Å². The first kappa shape index (κ1) is 20.2. The van der Waals surface area contributed by atoms with Crippen molar-refractivity contribution in [2.75, 3.05) is 6.54 Å². The SMILES string of the molecule is Cc1nc(SCc2ccc(F)cc2)[nH]c(=O)c1CC(=O)NCCC(C)C. The maximum Gasteiger partial charge on any atom is 0.255 e. The fraction of sp³-hybridized carbons (Fsp3) is 0.421. The largest absolute Gasteiger partial charge is 0.356 e. The fourth-order valence-corrected chi connectivity index (χ4v) is 3.18. The molecule has 0 unspecified atom stereocenters. The van der Waals surface area contributed by atoms with Gasteiger partial charge in [-0.3, -0.25) is 9.59 Å². The minimum atomic E-state index is -0.293. The topological polar surface area (TPSA) is 74.8 Å². The Morgan fingerprint density at radius 2 is 2.00 bits per heavy atom. The number of hydrogen-bond donors (Lipinski definition) is 2. The number of aromatic nitrogens is 2. The maximum absolute atomic E-state index is 12.9. The summed E-state index contributed by atoms with van der Waals surface area (Å²) in [7, 11) is 0. The van der Waals surface area contributed by atoms with Crippen LogP contribution in [-0.2, 0) is 17.0 Å². The summed E-state index contributed by atoms with van der Waals surface area (Å²) in [6.45, 7) is 6.51. The van der Waals surface area contributed by atoms with Gasteiger partial charge in [0.25, 0.3) is 5.56 Å². The average molecular weight is 377 g/mol. The van der Waals surface area contributed by atoms with Crippen LogP contribution in [0, 0.1) is 18.7 Å². The third-order valence-electron chi connectivity index (χ3n) is 3.87. The van der Waals surface area contributed by atoms with Crippen LogP contribution >= 0.6 is 11.8 Å². The zero-order valence-corrected chi connectivity index (χ0v) is 16.1. The molecule has 0 spiro atoms. The van der Waals surface area contributed by atoms with Crippen LogP contribution in [0.4, 0.5) is 4.39 Å². The number of amides is 1. The highest BCUT2D eigenvalue weighted by Gasteiger charge is 2.13. The first-order valence-electron chi connectivity index (χ1n) is 8.59. The summed E-state index contributed by atoms with van der Waals surface area (Å²) in [5, 5.41) is 3.31. The van der Waals surface area contributed by atoms with Crippen molar-refractivity contribution in [2.24, 2.45) is 5.92 Å². The summed E-state index contributed by atoms with van der Waals surface area (Å²) in [4.78, 5) is 31.4. The Morgan fingerprint density at radius 3 is 2.62 bits per heavy atom. The molecule has 0 aliphatic rings. The van der Waals surface area contributed by atoms with Gasteiger partial charge in [0.2, 0.25) is 5.91 Å². The predicted octanol–water partition coefficient (Wildman–Crippen LogP) is 3.21.